The van der Waals surface area contributed by atoms with Crippen LogP contribution in [0.1, 0.15) is 37.6 Å². The van der Waals surface area contributed by atoms with Gasteiger partial charge in [-0.2, -0.15) is 4.98 Å². The molecule has 0 bridgehead atoms. The Kier molecular flexibility index (Phi) is 3.81. The molecule has 0 aliphatic carbocycles. The second-order valence-electron chi connectivity index (χ2n) is 5.70. The van der Waals surface area contributed by atoms with E-state index in [9.17, 15) is 0 Å². The first-order valence-electron chi connectivity index (χ1n) is 7.14. The van der Waals surface area contributed by atoms with Crippen molar-refractivity contribution in [2.75, 3.05) is 26.2 Å². The van der Waals surface area contributed by atoms with E-state index in [-0.39, 0.29) is 6.10 Å². The highest BCUT2D eigenvalue weighted by molar-refractivity contribution is 4.97. The molecule has 3 unspecified atom stereocenters. The number of hydrogen-bond donors (Lipinski definition) is 1. The molecule has 2 aliphatic heterocycles. The second-order valence-corrected chi connectivity index (χ2v) is 5.70. The van der Waals surface area contributed by atoms with Crippen LogP contribution in [0, 0.1) is 5.92 Å². The highest BCUT2D eigenvalue weighted by Gasteiger charge is 2.34. The van der Waals surface area contributed by atoms with E-state index in [1.165, 1.54) is 19.4 Å². The Labute approximate surface area is 113 Å². The standard InChI is InChI=1S/C13H22N4O2/c1-9(6-14)5-12-15-13(16-19-12)11-7-17-4-2-3-10(17)8-18-11/h9-11H,2-8,14H2,1H3. The van der Waals surface area contributed by atoms with E-state index >= 15 is 0 Å². The highest BCUT2D eigenvalue weighted by Crippen LogP contribution is 2.28. The van der Waals surface area contributed by atoms with Gasteiger partial charge in [-0.3, -0.25) is 4.90 Å². The summed E-state index contributed by atoms with van der Waals surface area (Å²) >= 11 is 0. The number of morpholine rings is 1. The number of nitrogens with zero attached hydrogens (tertiary/aromatic N) is 3. The molecule has 2 N–H and O–H groups in total. The van der Waals surface area contributed by atoms with Gasteiger partial charge in [-0.15, -0.1) is 0 Å². The maximum absolute atomic E-state index is 5.87. The first-order chi connectivity index (χ1) is 9.26. The summed E-state index contributed by atoms with van der Waals surface area (Å²) in [5, 5.41) is 4.06. The monoisotopic (exact) mass is 266 g/mol. The molecule has 2 fully saturated rings. The lowest BCUT2D eigenvalue weighted by Crippen LogP contribution is -2.42. The molecule has 6 nitrogen and oxygen atoms in total. The van der Waals surface area contributed by atoms with E-state index in [4.69, 9.17) is 15.0 Å². The number of aromatic nitrogens is 2. The maximum atomic E-state index is 5.87. The van der Waals surface area contributed by atoms with Crippen molar-refractivity contribution in [1.29, 1.82) is 0 Å². The number of nitrogens with two attached hydrogens (primary N) is 1. The average molecular weight is 266 g/mol. The van der Waals surface area contributed by atoms with Crippen molar-refractivity contribution >= 4 is 0 Å². The second kappa shape index (κ2) is 5.56. The van der Waals surface area contributed by atoms with E-state index in [0.717, 1.165) is 19.6 Å². The zero-order valence-corrected chi connectivity index (χ0v) is 11.4. The Bertz CT molecular complexity index is 423. The molecule has 3 heterocycles. The Hall–Kier alpha value is -0.980. The van der Waals surface area contributed by atoms with Gasteiger partial charge in [0, 0.05) is 19.0 Å². The summed E-state index contributed by atoms with van der Waals surface area (Å²) in [7, 11) is 0. The summed E-state index contributed by atoms with van der Waals surface area (Å²) in [6.07, 6.45) is 3.22. The van der Waals surface area contributed by atoms with Gasteiger partial charge in [0.15, 0.2) is 0 Å². The molecule has 2 aliphatic rings. The van der Waals surface area contributed by atoms with Crippen molar-refractivity contribution in [2.45, 2.75) is 38.3 Å². The topological polar surface area (TPSA) is 77.4 Å². The van der Waals surface area contributed by atoms with Crippen molar-refractivity contribution in [3.05, 3.63) is 11.7 Å². The minimum Gasteiger partial charge on any atom is -0.367 e. The Morgan fingerprint density at radius 2 is 2.42 bits per heavy atom. The van der Waals surface area contributed by atoms with E-state index in [2.05, 4.69) is 22.0 Å². The first-order valence-corrected chi connectivity index (χ1v) is 7.14. The SMILES string of the molecule is CC(CN)Cc1nc(C2CN3CCCC3CO2)no1. The molecule has 3 rings (SSSR count). The fraction of sp³-hybridized carbons (Fsp3) is 0.846. The van der Waals surface area contributed by atoms with Gasteiger partial charge in [-0.1, -0.05) is 12.1 Å². The van der Waals surface area contributed by atoms with E-state index < -0.39 is 0 Å². The van der Waals surface area contributed by atoms with Gasteiger partial charge >= 0.3 is 0 Å². The molecule has 0 spiro atoms. The summed E-state index contributed by atoms with van der Waals surface area (Å²) in [5.41, 5.74) is 5.61. The number of hydrogen-bond acceptors (Lipinski definition) is 6. The normalized spacial score (nSPS) is 29.4. The summed E-state index contributed by atoms with van der Waals surface area (Å²) in [4.78, 5) is 6.93. The summed E-state index contributed by atoms with van der Waals surface area (Å²) in [6, 6.07) is 0.597. The molecular formula is C13H22N4O2. The van der Waals surface area contributed by atoms with Crippen LogP contribution in [0.5, 0.6) is 0 Å². The maximum Gasteiger partial charge on any atom is 0.227 e. The molecule has 106 valence electrons. The molecule has 19 heavy (non-hydrogen) atoms. The zero-order valence-electron chi connectivity index (χ0n) is 11.4. The van der Waals surface area contributed by atoms with Crippen LogP contribution >= 0.6 is 0 Å². The smallest absolute Gasteiger partial charge is 0.227 e. The van der Waals surface area contributed by atoms with Crippen molar-refractivity contribution in [2.24, 2.45) is 11.7 Å². The minimum atomic E-state index is -0.0416. The highest BCUT2D eigenvalue weighted by atomic mass is 16.5. The number of fused-ring (bicyclic) bond motifs is 1. The van der Waals surface area contributed by atoms with Crippen LogP contribution in [-0.2, 0) is 11.2 Å². The van der Waals surface area contributed by atoms with Crippen LogP contribution in [-0.4, -0.2) is 47.3 Å². The van der Waals surface area contributed by atoms with Gasteiger partial charge < -0.3 is 15.0 Å². The van der Waals surface area contributed by atoms with Crippen molar-refractivity contribution in [3.63, 3.8) is 0 Å². The van der Waals surface area contributed by atoms with Crippen LogP contribution in [0.25, 0.3) is 0 Å². The van der Waals surface area contributed by atoms with E-state index in [1.807, 2.05) is 0 Å². The predicted molar refractivity (Wildman–Crippen MR) is 69.5 cm³/mol. The van der Waals surface area contributed by atoms with Crippen LogP contribution in [0.4, 0.5) is 0 Å². The number of ether oxygens (including phenoxy) is 1. The molecule has 1 aromatic rings. The van der Waals surface area contributed by atoms with E-state index in [1.54, 1.807) is 0 Å². The fourth-order valence-electron chi connectivity index (χ4n) is 2.84. The fourth-order valence-corrected chi connectivity index (χ4v) is 2.84. The average Bonchev–Trinajstić information content (AvgIpc) is 3.05. The third kappa shape index (κ3) is 2.80. The lowest BCUT2D eigenvalue weighted by Gasteiger charge is -2.33. The molecule has 3 atom stereocenters. The lowest BCUT2D eigenvalue weighted by atomic mass is 10.1. The third-order valence-electron chi connectivity index (χ3n) is 4.09. The largest absolute Gasteiger partial charge is 0.367 e. The van der Waals surface area contributed by atoms with Crippen molar-refractivity contribution in [1.82, 2.24) is 15.0 Å². The van der Waals surface area contributed by atoms with Gasteiger partial charge in [-0.05, 0) is 31.8 Å². The molecule has 0 radical (unpaired) electrons. The summed E-state index contributed by atoms with van der Waals surface area (Å²) < 4.78 is 11.2. The van der Waals surface area contributed by atoms with Crippen LogP contribution in [0.2, 0.25) is 0 Å². The van der Waals surface area contributed by atoms with Crippen LogP contribution in [0.15, 0.2) is 4.52 Å². The lowest BCUT2D eigenvalue weighted by molar-refractivity contribution is -0.0548. The van der Waals surface area contributed by atoms with Crippen LogP contribution in [0.3, 0.4) is 0 Å². The summed E-state index contributed by atoms with van der Waals surface area (Å²) in [5.74, 6) is 1.72. The van der Waals surface area contributed by atoms with Gasteiger partial charge in [-0.25, -0.2) is 0 Å². The van der Waals surface area contributed by atoms with Crippen molar-refractivity contribution < 1.29 is 9.26 Å². The first kappa shape index (κ1) is 13.0. The molecule has 6 heteroatoms. The van der Waals surface area contributed by atoms with Gasteiger partial charge in [0.05, 0.1) is 6.61 Å². The van der Waals surface area contributed by atoms with Gasteiger partial charge in [0.1, 0.15) is 6.10 Å². The van der Waals surface area contributed by atoms with Gasteiger partial charge in [0.2, 0.25) is 11.7 Å². The molecule has 0 aromatic carbocycles. The molecule has 0 saturated carbocycles. The number of rotatable bonds is 4. The quantitative estimate of drug-likeness (QED) is 0.866. The van der Waals surface area contributed by atoms with Gasteiger partial charge in [0.25, 0.3) is 0 Å². The molecule has 1 aromatic heterocycles. The minimum absolute atomic E-state index is 0.0416. The Morgan fingerprint density at radius 1 is 1.53 bits per heavy atom. The summed E-state index contributed by atoms with van der Waals surface area (Å²) in [6.45, 7) is 5.55. The third-order valence-corrected chi connectivity index (χ3v) is 4.09. The van der Waals surface area contributed by atoms with Crippen LogP contribution < -0.4 is 5.73 Å². The molecule has 0 amide bonds. The predicted octanol–water partition coefficient (Wildman–Crippen LogP) is 0.743. The Morgan fingerprint density at radius 3 is 3.26 bits per heavy atom. The molecular weight excluding hydrogens is 244 g/mol. The zero-order chi connectivity index (χ0) is 13.2. The molecule has 2 saturated heterocycles. The Balaban J connectivity index is 1.62. The van der Waals surface area contributed by atoms with Crippen molar-refractivity contribution in [3.8, 4) is 0 Å². The van der Waals surface area contributed by atoms with E-state index in [0.29, 0.717) is 30.2 Å².